The Morgan fingerprint density at radius 2 is 1.97 bits per heavy atom. The summed E-state index contributed by atoms with van der Waals surface area (Å²) in [5.74, 6) is -1.53. The fraction of sp³-hybridized carbons (Fsp3) is 0.346. The maximum atomic E-state index is 13.8. The van der Waals surface area contributed by atoms with E-state index in [0.717, 1.165) is 28.1 Å². The van der Waals surface area contributed by atoms with E-state index < -0.39 is 30.2 Å². The molecule has 4 rings (SSSR count). The second-order valence-corrected chi connectivity index (χ2v) is 9.65. The van der Waals surface area contributed by atoms with Gasteiger partial charge in [0.2, 0.25) is 5.91 Å². The molecular formula is C26H29FN4O3. The maximum Gasteiger partial charge on any atom is 0.329 e. The number of rotatable bonds is 4. The molecule has 1 fully saturated rings. The second kappa shape index (κ2) is 8.59. The predicted octanol–water partition coefficient (Wildman–Crippen LogP) is 4.39. The molecule has 2 N–H and O–H groups in total. The highest BCUT2D eigenvalue weighted by Crippen LogP contribution is 2.43. The third kappa shape index (κ3) is 4.27. The van der Waals surface area contributed by atoms with Crippen LogP contribution in [0.15, 0.2) is 42.1 Å². The van der Waals surface area contributed by atoms with Crippen molar-refractivity contribution in [3.05, 3.63) is 64.6 Å². The number of halogens is 1. The first-order chi connectivity index (χ1) is 16.0. The van der Waals surface area contributed by atoms with Gasteiger partial charge in [0.25, 0.3) is 5.91 Å². The minimum atomic E-state index is -0.689. The zero-order chi connectivity index (χ0) is 24.8. The molecule has 2 aromatic rings. The molecule has 1 unspecified atom stereocenters. The topological polar surface area (TPSA) is 81.8 Å². The van der Waals surface area contributed by atoms with Crippen molar-refractivity contribution in [1.82, 2.24) is 10.2 Å². The zero-order valence-corrected chi connectivity index (χ0v) is 20.0. The highest BCUT2D eigenvalue weighted by Gasteiger charge is 2.36. The van der Waals surface area contributed by atoms with E-state index in [0.29, 0.717) is 5.92 Å². The molecule has 8 heteroatoms. The summed E-state index contributed by atoms with van der Waals surface area (Å²) in [4.78, 5) is 40.7. The SMILES string of the molecule is Cc1cc2c(cc1/C=C1/NC(=O)N(CC(=O)Nc3ccccc3F)C1=O)C(C)CC(C)(C)N2C. The number of imide groups is 1. The Hall–Kier alpha value is -3.68. The average Bonchev–Trinajstić information content (AvgIpc) is 3.02. The molecular weight excluding hydrogens is 435 g/mol. The lowest BCUT2D eigenvalue weighted by molar-refractivity contribution is -0.127. The Labute approximate surface area is 198 Å². The third-order valence-corrected chi connectivity index (χ3v) is 6.73. The van der Waals surface area contributed by atoms with Crippen molar-refractivity contribution in [3.63, 3.8) is 0 Å². The van der Waals surface area contributed by atoms with Crippen molar-refractivity contribution in [1.29, 1.82) is 0 Å². The van der Waals surface area contributed by atoms with Crippen LogP contribution in [0.1, 0.15) is 49.8 Å². The Morgan fingerprint density at radius 3 is 2.68 bits per heavy atom. The molecule has 2 aliphatic rings. The lowest BCUT2D eigenvalue weighted by atomic mass is 9.79. The van der Waals surface area contributed by atoms with E-state index in [4.69, 9.17) is 0 Å². The van der Waals surface area contributed by atoms with Crippen molar-refractivity contribution in [2.45, 2.75) is 45.6 Å². The van der Waals surface area contributed by atoms with Crippen molar-refractivity contribution in [3.8, 4) is 0 Å². The normalized spacial score (nSPS) is 20.4. The number of nitrogens with zero attached hydrogens (tertiary/aromatic N) is 2. The van der Waals surface area contributed by atoms with Gasteiger partial charge in [0.1, 0.15) is 18.1 Å². The van der Waals surface area contributed by atoms with Gasteiger partial charge in [0.15, 0.2) is 0 Å². The quantitative estimate of drug-likeness (QED) is 0.520. The number of anilines is 2. The van der Waals surface area contributed by atoms with Crippen molar-refractivity contribution >= 4 is 35.3 Å². The zero-order valence-electron chi connectivity index (χ0n) is 20.0. The molecule has 0 aromatic heterocycles. The molecule has 7 nitrogen and oxygen atoms in total. The van der Waals surface area contributed by atoms with Gasteiger partial charge in [-0.2, -0.15) is 0 Å². The summed E-state index contributed by atoms with van der Waals surface area (Å²) in [6, 6.07) is 9.19. The van der Waals surface area contributed by atoms with Gasteiger partial charge in [-0.25, -0.2) is 14.1 Å². The summed E-state index contributed by atoms with van der Waals surface area (Å²) in [7, 11) is 2.09. The van der Waals surface area contributed by atoms with Crippen molar-refractivity contribution in [2.24, 2.45) is 0 Å². The van der Waals surface area contributed by atoms with Gasteiger partial charge in [-0.15, -0.1) is 0 Å². The van der Waals surface area contributed by atoms with E-state index in [2.05, 4.69) is 55.5 Å². The summed E-state index contributed by atoms with van der Waals surface area (Å²) in [6.07, 6.45) is 2.65. The van der Waals surface area contributed by atoms with Crippen LogP contribution in [0.4, 0.5) is 20.6 Å². The van der Waals surface area contributed by atoms with Gasteiger partial charge >= 0.3 is 6.03 Å². The van der Waals surface area contributed by atoms with Crippen molar-refractivity contribution in [2.75, 3.05) is 23.8 Å². The molecule has 1 saturated heterocycles. The molecule has 2 aliphatic heterocycles. The van der Waals surface area contributed by atoms with Crippen LogP contribution in [0.5, 0.6) is 0 Å². The fourth-order valence-electron chi connectivity index (χ4n) is 4.66. The van der Waals surface area contributed by atoms with Crippen LogP contribution in [0.25, 0.3) is 6.08 Å². The van der Waals surface area contributed by atoms with Crippen LogP contribution in [-0.2, 0) is 9.59 Å². The molecule has 0 radical (unpaired) electrons. The van der Waals surface area contributed by atoms with Crippen LogP contribution < -0.4 is 15.5 Å². The molecule has 0 spiro atoms. The van der Waals surface area contributed by atoms with E-state index in [9.17, 15) is 18.8 Å². The summed E-state index contributed by atoms with van der Waals surface area (Å²) < 4.78 is 13.8. The number of hydrogen-bond acceptors (Lipinski definition) is 4. The summed E-state index contributed by atoms with van der Waals surface area (Å²) in [5, 5.41) is 4.95. The number of para-hydroxylation sites is 1. The lowest BCUT2D eigenvalue weighted by Gasteiger charge is -2.45. The number of urea groups is 1. The summed E-state index contributed by atoms with van der Waals surface area (Å²) in [6.45, 7) is 8.09. The molecule has 1 atom stereocenters. The van der Waals surface area contributed by atoms with E-state index in [1.165, 1.54) is 23.8 Å². The van der Waals surface area contributed by atoms with Gasteiger partial charge in [-0.3, -0.25) is 9.59 Å². The van der Waals surface area contributed by atoms with E-state index in [1.54, 1.807) is 12.1 Å². The molecule has 2 aromatic carbocycles. The number of hydrogen-bond donors (Lipinski definition) is 2. The first-order valence-electron chi connectivity index (χ1n) is 11.3. The Morgan fingerprint density at radius 1 is 1.26 bits per heavy atom. The Kier molecular flexibility index (Phi) is 5.93. The lowest BCUT2D eigenvalue weighted by Crippen LogP contribution is -2.45. The third-order valence-electron chi connectivity index (χ3n) is 6.73. The predicted molar refractivity (Wildman–Crippen MR) is 130 cm³/mol. The largest absolute Gasteiger partial charge is 0.369 e. The van der Waals surface area contributed by atoms with Gasteiger partial charge in [-0.1, -0.05) is 19.1 Å². The van der Waals surface area contributed by atoms with E-state index in [-0.39, 0.29) is 16.9 Å². The molecule has 178 valence electrons. The smallest absolute Gasteiger partial charge is 0.329 e. The first kappa shape index (κ1) is 23.5. The number of fused-ring (bicyclic) bond motifs is 1. The number of carbonyl (C=O) groups is 3. The molecule has 0 saturated carbocycles. The van der Waals surface area contributed by atoms with Crippen LogP contribution in [0.2, 0.25) is 0 Å². The van der Waals surface area contributed by atoms with E-state index >= 15 is 0 Å². The standard InChI is InChI=1S/C26H29FN4O3/c1-15-10-22-18(16(2)13-26(3,4)30(22)5)11-17(15)12-21-24(33)31(25(34)29-21)14-23(32)28-20-9-7-6-8-19(20)27/h6-12,16H,13-14H2,1-5H3,(H,28,32)(H,29,34)/b21-12+. The van der Waals surface area contributed by atoms with Gasteiger partial charge in [-0.05, 0) is 80.1 Å². The number of benzene rings is 2. The highest BCUT2D eigenvalue weighted by atomic mass is 19.1. The number of aryl methyl sites for hydroxylation is 1. The monoisotopic (exact) mass is 464 g/mol. The highest BCUT2D eigenvalue weighted by molar-refractivity contribution is 6.16. The van der Waals surface area contributed by atoms with Crippen LogP contribution in [-0.4, -0.2) is 41.9 Å². The van der Waals surface area contributed by atoms with Crippen LogP contribution in [0.3, 0.4) is 0 Å². The Balaban J connectivity index is 1.55. The first-order valence-corrected chi connectivity index (χ1v) is 11.3. The molecule has 0 bridgehead atoms. The molecule has 0 aliphatic carbocycles. The van der Waals surface area contributed by atoms with E-state index in [1.807, 2.05) is 6.92 Å². The molecule has 2 heterocycles. The number of amides is 4. The molecule has 4 amide bonds. The van der Waals surface area contributed by atoms with Gasteiger partial charge in [0.05, 0.1) is 5.69 Å². The van der Waals surface area contributed by atoms with Crippen LogP contribution in [0, 0.1) is 12.7 Å². The van der Waals surface area contributed by atoms with Gasteiger partial charge in [0, 0.05) is 18.3 Å². The number of nitrogens with one attached hydrogen (secondary N) is 2. The summed E-state index contributed by atoms with van der Waals surface area (Å²) >= 11 is 0. The van der Waals surface area contributed by atoms with Crippen LogP contribution >= 0.6 is 0 Å². The average molecular weight is 465 g/mol. The van der Waals surface area contributed by atoms with Gasteiger partial charge < -0.3 is 15.5 Å². The van der Waals surface area contributed by atoms with Crippen molar-refractivity contribution < 1.29 is 18.8 Å². The minimum absolute atomic E-state index is 0.0118. The summed E-state index contributed by atoms with van der Waals surface area (Å²) in [5.41, 5.74) is 4.29. The number of carbonyl (C=O) groups excluding carboxylic acids is 3. The minimum Gasteiger partial charge on any atom is -0.369 e. The fourth-order valence-corrected chi connectivity index (χ4v) is 4.66. The maximum absolute atomic E-state index is 13.8. The second-order valence-electron chi connectivity index (χ2n) is 9.65. The molecule has 34 heavy (non-hydrogen) atoms. The Bertz CT molecular complexity index is 1220.